The molecule has 8 heteroatoms. The molecule has 0 aliphatic heterocycles. The SMILES string of the molecule is O=C(CCCCOc1ccc(-c2nc(-c3ccc(F)cc3)no2)cc1)NO. The van der Waals surface area contributed by atoms with Gasteiger partial charge < -0.3 is 9.26 Å². The molecule has 140 valence electrons. The minimum absolute atomic E-state index is 0.256. The lowest BCUT2D eigenvalue weighted by atomic mass is 10.2. The smallest absolute Gasteiger partial charge is 0.258 e. The summed E-state index contributed by atoms with van der Waals surface area (Å²) in [5, 5.41) is 12.3. The van der Waals surface area contributed by atoms with Gasteiger partial charge in [-0.05, 0) is 61.4 Å². The first-order chi connectivity index (χ1) is 13.2. The quantitative estimate of drug-likeness (QED) is 0.357. The van der Waals surface area contributed by atoms with Gasteiger partial charge >= 0.3 is 0 Å². The number of halogens is 1. The Kier molecular flexibility index (Phi) is 6.11. The molecule has 0 unspecified atom stereocenters. The number of hydroxylamine groups is 1. The Morgan fingerprint density at radius 2 is 1.78 bits per heavy atom. The van der Waals surface area contributed by atoms with Gasteiger partial charge in [0.15, 0.2) is 0 Å². The number of nitrogens with zero attached hydrogens (tertiary/aromatic N) is 2. The molecule has 0 aliphatic rings. The van der Waals surface area contributed by atoms with Crippen molar-refractivity contribution in [3.05, 3.63) is 54.3 Å². The van der Waals surface area contributed by atoms with Crippen LogP contribution in [0.25, 0.3) is 22.8 Å². The van der Waals surface area contributed by atoms with Gasteiger partial charge in [0.05, 0.1) is 6.61 Å². The minimum atomic E-state index is -0.404. The number of unbranched alkanes of at least 4 members (excludes halogenated alkanes) is 1. The maximum Gasteiger partial charge on any atom is 0.258 e. The van der Waals surface area contributed by atoms with Crippen molar-refractivity contribution in [3.63, 3.8) is 0 Å². The average molecular weight is 371 g/mol. The maximum absolute atomic E-state index is 13.0. The summed E-state index contributed by atoms with van der Waals surface area (Å²) in [4.78, 5) is 15.2. The molecular weight excluding hydrogens is 353 g/mol. The van der Waals surface area contributed by atoms with Gasteiger partial charge in [0.25, 0.3) is 5.89 Å². The third kappa shape index (κ3) is 5.11. The Morgan fingerprint density at radius 1 is 1.07 bits per heavy atom. The summed E-state index contributed by atoms with van der Waals surface area (Å²) in [7, 11) is 0. The second kappa shape index (κ2) is 8.91. The standard InChI is InChI=1S/C19H18FN3O4/c20-15-8-4-13(5-9-15)18-21-19(27-23-18)14-6-10-16(11-7-14)26-12-2-1-3-17(24)22-25/h4-11,25H,1-3,12H2,(H,22,24). The molecule has 0 fully saturated rings. The van der Waals surface area contributed by atoms with Gasteiger partial charge in [-0.25, -0.2) is 9.87 Å². The molecule has 3 rings (SSSR count). The molecule has 0 spiro atoms. The van der Waals surface area contributed by atoms with E-state index in [0.717, 1.165) is 5.56 Å². The lowest BCUT2D eigenvalue weighted by Crippen LogP contribution is -2.18. The summed E-state index contributed by atoms with van der Waals surface area (Å²) >= 11 is 0. The molecular formula is C19H18FN3O4. The fourth-order valence-electron chi connectivity index (χ4n) is 2.38. The highest BCUT2D eigenvalue weighted by Crippen LogP contribution is 2.24. The Bertz CT molecular complexity index is 879. The second-order valence-electron chi connectivity index (χ2n) is 5.79. The zero-order chi connectivity index (χ0) is 19.1. The van der Waals surface area contributed by atoms with Gasteiger partial charge in [-0.15, -0.1) is 0 Å². The van der Waals surface area contributed by atoms with E-state index in [1.54, 1.807) is 41.9 Å². The van der Waals surface area contributed by atoms with Crippen LogP contribution < -0.4 is 10.2 Å². The van der Waals surface area contributed by atoms with E-state index >= 15 is 0 Å². The monoisotopic (exact) mass is 371 g/mol. The van der Waals surface area contributed by atoms with Crippen molar-refractivity contribution in [2.45, 2.75) is 19.3 Å². The molecule has 1 amide bonds. The summed E-state index contributed by atoms with van der Waals surface area (Å²) in [5.74, 6) is 0.699. The van der Waals surface area contributed by atoms with Crippen LogP contribution in [0.1, 0.15) is 19.3 Å². The van der Waals surface area contributed by atoms with Crippen molar-refractivity contribution in [3.8, 4) is 28.6 Å². The van der Waals surface area contributed by atoms with Crippen molar-refractivity contribution in [1.82, 2.24) is 15.6 Å². The molecule has 1 heterocycles. The predicted octanol–water partition coefficient (Wildman–Crippen LogP) is 3.60. The summed E-state index contributed by atoms with van der Waals surface area (Å²) in [6.45, 7) is 0.466. The van der Waals surface area contributed by atoms with Crippen LogP contribution in [0.3, 0.4) is 0 Å². The number of hydrogen-bond acceptors (Lipinski definition) is 6. The molecule has 0 radical (unpaired) electrons. The van der Waals surface area contributed by atoms with Crippen molar-refractivity contribution < 1.29 is 23.7 Å². The van der Waals surface area contributed by atoms with E-state index in [2.05, 4.69) is 10.1 Å². The predicted molar refractivity (Wildman–Crippen MR) is 94.4 cm³/mol. The zero-order valence-electron chi connectivity index (χ0n) is 14.4. The van der Waals surface area contributed by atoms with Crippen molar-refractivity contribution in [2.75, 3.05) is 6.61 Å². The summed E-state index contributed by atoms with van der Waals surface area (Å²) in [5.41, 5.74) is 3.00. The third-order valence-electron chi connectivity index (χ3n) is 3.82. The number of nitrogens with one attached hydrogen (secondary N) is 1. The molecule has 0 atom stereocenters. The molecule has 2 N–H and O–H groups in total. The van der Waals surface area contributed by atoms with Crippen LogP contribution in [-0.2, 0) is 4.79 Å². The Balaban J connectivity index is 1.54. The number of rotatable bonds is 8. The first-order valence-corrected chi connectivity index (χ1v) is 8.41. The lowest BCUT2D eigenvalue weighted by Gasteiger charge is -2.06. The van der Waals surface area contributed by atoms with Crippen LogP contribution in [0.4, 0.5) is 4.39 Å². The third-order valence-corrected chi connectivity index (χ3v) is 3.82. The first kappa shape index (κ1) is 18.5. The number of amides is 1. The van der Waals surface area contributed by atoms with Crippen LogP contribution in [0.2, 0.25) is 0 Å². The molecule has 1 aromatic heterocycles. The average Bonchev–Trinajstić information content (AvgIpc) is 3.18. The number of benzene rings is 2. The largest absolute Gasteiger partial charge is 0.494 e. The van der Waals surface area contributed by atoms with E-state index in [0.29, 0.717) is 42.5 Å². The molecule has 27 heavy (non-hydrogen) atoms. The van der Waals surface area contributed by atoms with Gasteiger partial charge in [-0.1, -0.05) is 5.16 Å². The van der Waals surface area contributed by atoms with Crippen LogP contribution in [0.5, 0.6) is 5.75 Å². The van der Waals surface area contributed by atoms with Gasteiger partial charge in [0.1, 0.15) is 11.6 Å². The topological polar surface area (TPSA) is 97.5 Å². The Hall–Kier alpha value is -3.26. The summed E-state index contributed by atoms with van der Waals surface area (Å²) in [6.07, 6.45) is 1.57. The van der Waals surface area contributed by atoms with E-state index in [-0.39, 0.29) is 12.2 Å². The molecule has 0 aliphatic carbocycles. The fourth-order valence-corrected chi connectivity index (χ4v) is 2.38. The highest BCUT2D eigenvalue weighted by atomic mass is 19.1. The number of carbonyl (C=O) groups excluding carboxylic acids is 1. The molecule has 2 aromatic carbocycles. The molecule has 7 nitrogen and oxygen atoms in total. The van der Waals surface area contributed by atoms with Crippen molar-refractivity contribution in [2.24, 2.45) is 0 Å². The fraction of sp³-hybridized carbons (Fsp3) is 0.211. The van der Waals surface area contributed by atoms with E-state index in [4.69, 9.17) is 14.5 Å². The Morgan fingerprint density at radius 3 is 2.48 bits per heavy atom. The van der Waals surface area contributed by atoms with Gasteiger partial charge in [0, 0.05) is 17.5 Å². The second-order valence-corrected chi connectivity index (χ2v) is 5.79. The maximum atomic E-state index is 13.0. The van der Waals surface area contributed by atoms with Crippen molar-refractivity contribution in [1.29, 1.82) is 0 Å². The molecule has 0 bridgehead atoms. The van der Waals surface area contributed by atoms with Crippen LogP contribution in [-0.4, -0.2) is 27.9 Å². The highest BCUT2D eigenvalue weighted by molar-refractivity contribution is 5.74. The van der Waals surface area contributed by atoms with Gasteiger partial charge in [0.2, 0.25) is 11.7 Å². The number of aromatic nitrogens is 2. The van der Waals surface area contributed by atoms with Crippen LogP contribution >= 0.6 is 0 Å². The number of ether oxygens (including phenoxy) is 1. The van der Waals surface area contributed by atoms with E-state index in [1.807, 2.05) is 0 Å². The van der Waals surface area contributed by atoms with E-state index < -0.39 is 5.91 Å². The number of hydrogen-bond donors (Lipinski definition) is 2. The highest BCUT2D eigenvalue weighted by Gasteiger charge is 2.11. The van der Waals surface area contributed by atoms with E-state index in [9.17, 15) is 9.18 Å². The van der Waals surface area contributed by atoms with Gasteiger partial charge in [-0.2, -0.15) is 4.98 Å². The lowest BCUT2D eigenvalue weighted by molar-refractivity contribution is -0.129. The summed E-state index contributed by atoms with van der Waals surface area (Å²) < 4.78 is 23.9. The molecule has 0 saturated heterocycles. The number of carbonyl (C=O) groups is 1. The van der Waals surface area contributed by atoms with Crippen LogP contribution in [0, 0.1) is 5.82 Å². The normalized spacial score (nSPS) is 10.6. The minimum Gasteiger partial charge on any atom is -0.494 e. The molecule has 0 saturated carbocycles. The molecule has 3 aromatic rings. The van der Waals surface area contributed by atoms with Crippen LogP contribution in [0.15, 0.2) is 53.1 Å². The zero-order valence-corrected chi connectivity index (χ0v) is 14.4. The summed E-state index contributed by atoms with van der Waals surface area (Å²) in [6, 6.07) is 13.0. The van der Waals surface area contributed by atoms with E-state index in [1.165, 1.54) is 12.1 Å². The first-order valence-electron chi connectivity index (χ1n) is 8.41. The van der Waals surface area contributed by atoms with Crippen molar-refractivity contribution >= 4 is 5.91 Å². The Labute approximate surface area is 154 Å². The van der Waals surface area contributed by atoms with Gasteiger partial charge in [-0.3, -0.25) is 10.0 Å².